The first-order chi connectivity index (χ1) is 4.48. The zero-order chi connectivity index (χ0) is 8.20. The standard InChI is InChI=1S/C4H10NO4P/c1-5-3-2-4(6)10(7,8)9/h2,5-6H,3H2,1H3,(H2,7,8,9). The van der Waals surface area contributed by atoms with Crippen LogP contribution >= 0.6 is 7.60 Å². The van der Waals surface area contributed by atoms with Crippen molar-refractivity contribution in [2.45, 2.75) is 0 Å². The number of aliphatic hydroxyl groups excluding tert-OH is 1. The average molecular weight is 167 g/mol. The molecular weight excluding hydrogens is 157 g/mol. The van der Waals surface area contributed by atoms with Crippen LogP contribution < -0.4 is 5.32 Å². The normalized spacial score (nSPS) is 13.7. The fourth-order valence-electron chi connectivity index (χ4n) is 0.312. The molecule has 0 aromatic carbocycles. The molecule has 0 bridgehead atoms. The highest BCUT2D eigenvalue weighted by Gasteiger charge is 2.18. The lowest BCUT2D eigenvalue weighted by molar-refractivity contribution is 0.336. The van der Waals surface area contributed by atoms with Crippen molar-refractivity contribution < 1.29 is 19.5 Å². The summed E-state index contributed by atoms with van der Waals surface area (Å²) in [7, 11) is -2.81. The van der Waals surface area contributed by atoms with E-state index in [9.17, 15) is 4.57 Å². The van der Waals surface area contributed by atoms with Crippen molar-refractivity contribution in [3.05, 3.63) is 11.6 Å². The fourth-order valence-corrected chi connectivity index (χ4v) is 0.641. The molecule has 0 amide bonds. The fraction of sp³-hybridized carbons (Fsp3) is 0.500. The lowest BCUT2D eigenvalue weighted by Crippen LogP contribution is -2.05. The number of rotatable bonds is 3. The van der Waals surface area contributed by atoms with E-state index in [0.717, 1.165) is 6.08 Å². The van der Waals surface area contributed by atoms with Crippen LogP contribution in [0.3, 0.4) is 0 Å². The number of aliphatic hydroxyl groups is 1. The average Bonchev–Trinajstić information content (AvgIpc) is 1.80. The van der Waals surface area contributed by atoms with Crippen LogP contribution in [-0.2, 0) is 4.57 Å². The van der Waals surface area contributed by atoms with Crippen molar-refractivity contribution in [2.24, 2.45) is 0 Å². The minimum Gasteiger partial charge on any atom is -0.501 e. The minimum absolute atomic E-state index is 0.233. The first kappa shape index (κ1) is 9.65. The first-order valence-electron chi connectivity index (χ1n) is 2.58. The van der Waals surface area contributed by atoms with Crippen molar-refractivity contribution in [1.29, 1.82) is 0 Å². The molecule has 0 saturated carbocycles. The van der Waals surface area contributed by atoms with Crippen LogP contribution in [0.15, 0.2) is 11.6 Å². The third-order valence-electron chi connectivity index (χ3n) is 0.787. The van der Waals surface area contributed by atoms with E-state index in [4.69, 9.17) is 14.9 Å². The molecule has 0 aliphatic heterocycles. The topological polar surface area (TPSA) is 89.8 Å². The molecule has 0 heterocycles. The van der Waals surface area contributed by atoms with Crippen LogP contribution in [0.2, 0.25) is 0 Å². The van der Waals surface area contributed by atoms with Gasteiger partial charge in [-0.2, -0.15) is 0 Å². The number of hydrogen-bond acceptors (Lipinski definition) is 3. The Balaban J connectivity index is 4.07. The maximum Gasteiger partial charge on any atom is 0.390 e. The second-order valence-corrected chi connectivity index (χ2v) is 3.21. The highest BCUT2D eigenvalue weighted by molar-refractivity contribution is 7.56. The van der Waals surface area contributed by atoms with Crippen LogP contribution in [0.1, 0.15) is 0 Å². The molecule has 4 N–H and O–H groups in total. The number of hydrogen-bond donors (Lipinski definition) is 4. The first-order valence-corrected chi connectivity index (χ1v) is 4.19. The third-order valence-corrected chi connectivity index (χ3v) is 1.57. The summed E-state index contributed by atoms with van der Waals surface area (Å²) < 4.78 is 10.2. The second-order valence-electron chi connectivity index (χ2n) is 1.66. The van der Waals surface area contributed by atoms with Crippen molar-refractivity contribution in [2.75, 3.05) is 13.6 Å². The highest BCUT2D eigenvalue weighted by Crippen LogP contribution is 2.42. The Morgan fingerprint density at radius 2 is 2.20 bits per heavy atom. The van der Waals surface area contributed by atoms with Gasteiger partial charge in [0.05, 0.1) is 0 Å². The van der Waals surface area contributed by atoms with Gasteiger partial charge in [0.15, 0.2) is 0 Å². The van der Waals surface area contributed by atoms with E-state index >= 15 is 0 Å². The van der Waals surface area contributed by atoms with Gasteiger partial charge >= 0.3 is 7.60 Å². The summed E-state index contributed by atoms with van der Waals surface area (Å²) in [5.41, 5.74) is -0.887. The van der Waals surface area contributed by atoms with E-state index in [0.29, 0.717) is 0 Å². The van der Waals surface area contributed by atoms with Crippen molar-refractivity contribution in [3.63, 3.8) is 0 Å². The summed E-state index contributed by atoms with van der Waals surface area (Å²) in [6.45, 7) is 0.233. The van der Waals surface area contributed by atoms with E-state index in [1.54, 1.807) is 7.05 Å². The summed E-state index contributed by atoms with van der Waals surface area (Å²) >= 11 is 0. The molecule has 0 saturated heterocycles. The summed E-state index contributed by atoms with van der Waals surface area (Å²) in [4.78, 5) is 16.6. The van der Waals surface area contributed by atoms with E-state index in [2.05, 4.69) is 5.32 Å². The summed E-state index contributed by atoms with van der Waals surface area (Å²) in [6, 6.07) is 0. The zero-order valence-corrected chi connectivity index (χ0v) is 6.38. The molecule has 0 atom stereocenters. The Morgan fingerprint density at radius 1 is 1.70 bits per heavy atom. The zero-order valence-electron chi connectivity index (χ0n) is 5.48. The molecular formula is C4H10NO4P. The van der Waals surface area contributed by atoms with Gasteiger partial charge in [-0.3, -0.25) is 4.57 Å². The van der Waals surface area contributed by atoms with Gasteiger partial charge in [-0.05, 0) is 13.1 Å². The molecule has 60 valence electrons. The largest absolute Gasteiger partial charge is 0.501 e. The van der Waals surface area contributed by atoms with Crippen LogP contribution in [-0.4, -0.2) is 28.5 Å². The summed E-state index contributed by atoms with van der Waals surface area (Å²) in [5.74, 6) is 0. The lowest BCUT2D eigenvalue weighted by atomic mass is 10.6. The van der Waals surface area contributed by atoms with Gasteiger partial charge in [-0.25, -0.2) is 0 Å². The molecule has 0 aliphatic rings. The number of nitrogens with one attached hydrogen (secondary N) is 1. The van der Waals surface area contributed by atoms with Gasteiger partial charge in [0.2, 0.25) is 5.50 Å². The van der Waals surface area contributed by atoms with Gasteiger partial charge < -0.3 is 20.2 Å². The smallest absolute Gasteiger partial charge is 0.390 e. The van der Waals surface area contributed by atoms with Gasteiger partial charge in [0, 0.05) is 6.54 Å². The molecule has 10 heavy (non-hydrogen) atoms. The van der Waals surface area contributed by atoms with Crippen molar-refractivity contribution in [3.8, 4) is 0 Å². The molecule has 0 rings (SSSR count). The molecule has 0 unspecified atom stereocenters. The predicted molar refractivity (Wildman–Crippen MR) is 36.7 cm³/mol. The van der Waals surface area contributed by atoms with Crippen LogP contribution in [0.5, 0.6) is 0 Å². The van der Waals surface area contributed by atoms with Crippen molar-refractivity contribution >= 4 is 7.60 Å². The Bertz CT molecular complexity index is 172. The third kappa shape index (κ3) is 3.63. The van der Waals surface area contributed by atoms with E-state index in [1.807, 2.05) is 0 Å². The van der Waals surface area contributed by atoms with E-state index < -0.39 is 13.1 Å². The monoisotopic (exact) mass is 167 g/mol. The van der Waals surface area contributed by atoms with Gasteiger partial charge in [0.25, 0.3) is 0 Å². The van der Waals surface area contributed by atoms with Crippen LogP contribution in [0.4, 0.5) is 0 Å². The summed E-state index contributed by atoms with van der Waals surface area (Å²) in [6.07, 6.45) is 1.03. The molecule has 0 radical (unpaired) electrons. The Labute approximate surface area is 58.5 Å². The number of likely N-dealkylation sites (N-methyl/N-ethyl adjacent to an activating group) is 1. The van der Waals surface area contributed by atoms with E-state index in [-0.39, 0.29) is 6.54 Å². The molecule has 0 aliphatic carbocycles. The minimum atomic E-state index is -4.41. The molecule has 0 fully saturated rings. The van der Waals surface area contributed by atoms with E-state index in [1.165, 1.54) is 0 Å². The predicted octanol–water partition coefficient (Wildman–Crippen LogP) is -0.217. The van der Waals surface area contributed by atoms with Crippen LogP contribution in [0.25, 0.3) is 0 Å². The molecule has 6 heteroatoms. The van der Waals surface area contributed by atoms with Crippen molar-refractivity contribution in [1.82, 2.24) is 5.32 Å². The Kier molecular flexibility index (Phi) is 3.60. The Morgan fingerprint density at radius 3 is 2.50 bits per heavy atom. The SMILES string of the molecule is CNCC=C(O)P(=O)(O)O. The Hall–Kier alpha value is -0.350. The molecule has 0 aromatic heterocycles. The van der Waals surface area contributed by atoms with Crippen LogP contribution in [0, 0.1) is 0 Å². The lowest BCUT2D eigenvalue weighted by Gasteiger charge is -2.00. The van der Waals surface area contributed by atoms with Gasteiger partial charge in [-0.1, -0.05) is 0 Å². The summed E-state index contributed by atoms with van der Waals surface area (Å²) in [5, 5.41) is 11.2. The highest BCUT2D eigenvalue weighted by atomic mass is 31.2. The maximum atomic E-state index is 10.2. The maximum absolute atomic E-state index is 10.2. The molecule has 0 aromatic rings. The molecule has 5 nitrogen and oxygen atoms in total. The second kappa shape index (κ2) is 3.73. The van der Waals surface area contributed by atoms with Gasteiger partial charge in [-0.15, -0.1) is 0 Å². The van der Waals surface area contributed by atoms with Gasteiger partial charge in [0.1, 0.15) is 0 Å². The molecule has 0 spiro atoms. The quantitative estimate of drug-likeness (QED) is 0.344.